The van der Waals surface area contributed by atoms with E-state index in [0.717, 1.165) is 22.7 Å². The van der Waals surface area contributed by atoms with Gasteiger partial charge in [-0.15, -0.1) is 22.7 Å². The van der Waals surface area contributed by atoms with Crippen molar-refractivity contribution in [3.63, 3.8) is 0 Å². The number of carboxylic acids is 2. The van der Waals surface area contributed by atoms with Crippen LogP contribution in [-0.2, 0) is 0 Å². The molecule has 12 nitrogen and oxygen atoms in total. The summed E-state index contributed by atoms with van der Waals surface area (Å²) in [6.07, 6.45) is 0. The molecule has 15 heteroatoms. The van der Waals surface area contributed by atoms with Gasteiger partial charge in [-0.25, -0.2) is 9.97 Å². The minimum absolute atomic E-state index is 0. The van der Waals surface area contributed by atoms with Crippen LogP contribution in [0.4, 0.5) is 0 Å². The van der Waals surface area contributed by atoms with Crippen molar-refractivity contribution in [3.05, 3.63) is 68.7 Å². The van der Waals surface area contributed by atoms with Crippen LogP contribution >= 0.6 is 22.7 Å². The monoisotopic (exact) mass is 706 g/mol. The van der Waals surface area contributed by atoms with Crippen LogP contribution in [-0.4, -0.2) is 83.8 Å². The Hall–Kier alpha value is -3.60. The summed E-state index contributed by atoms with van der Waals surface area (Å²) in [6, 6.07) is 14.5. The van der Waals surface area contributed by atoms with Crippen molar-refractivity contribution in [2.75, 3.05) is 13.2 Å². The van der Waals surface area contributed by atoms with E-state index in [4.69, 9.17) is 9.47 Å². The zero-order valence-corrected chi connectivity index (χ0v) is 30.6. The average Bonchev–Trinajstić information content (AvgIpc) is 3.57. The van der Waals surface area contributed by atoms with Crippen molar-refractivity contribution >= 4 is 72.4 Å². The Labute approximate surface area is 310 Å². The van der Waals surface area contributed by atoms with Gasteiger partial charge in [0.25, 0.3) is 0 Å². The molecule has 0 radical (unpaired) electrons. The van der Waals surface area contributed by atoms with Crippen LogP contribution in [0.1, 0.15) is 69.6 Å². The van der Waals surface area contributed by atoms with Gasteiger partial charge in [-0.05, 0) is 62.1 Å². The Balaban J connectivity index is 0.000000846. The number of benzene rings is 2. The molecule has 0 saturated carbocycles. The summed E-state index contributed by atoms with van der Waals surface area (Å²) in [6.45, 7) is 12.4. The Morgan fingerprint density at radius 2 is 1.09 bits per heavy atom. The van der Waals surface area contributed by atoms with Crippen molar-refractivity contribution < 1.29 is 40.2 Å². The van der Waals surface area contributed by atoms with E-state index in [2.05, 4.69) is 22.1 Å². The zero-order valence-electron chi connectivity index (χ0n) is 26.8. The normalized spacial score (nSPS) is 9.83. The number of thiazole rings is 2. The number of ether oxygens (including phenoxy) is 2. The number of carboxylic acid groups (broad SMARTS) is 2. The van der Waals surface area contributed by atoms with Crippen LogP contribution in [0, 0.1) is 48.3 Å². The van der Waals surface area contributed by atoms with E-state index in [9.17, 15) is 30.3 Å². The molecule has 4 rings (SSSR count). The number of nitrogens with zero attached hydrogens (tertiary/aromatic N) is 4. The first-order chi connectivity index (χ1) is 20.8. The largest absolute Gasteiger partial charge is 2.00 e. The number of aromatic nitrogens is 2. The fourth-order valence-corrected chi connectivity index (χ4v) is 5.48. The summed E-state index contributed by atoms with van der Waals surface area (Å²) in [5.74, 6) is -0.712. The van der Waals surface area contributed by atoms with Crippen LogP contribution in [0.3, 0.4) is 0 Å². The van der Waals surface area contributed by atoms with Gasteiger partial charge in [0.05, 0.1) is 57.4 Å². The van der Waals surface area contributed by atoms with Crippen LogP contribution < -0.4 is 19.7 Å². The zero-order chi connectivity index (χ0) is 32.6. The fraction of sp³-hybridized carbons (Fsp3) is 0.312. The second kappa shape index (κ2) is 19.9. The molecule has 4 aromatic rings. The smallest absolute Gasteiger partial charge is 0.544 e. The quantitative estimate of drug-likeness (QED) is 0.219. The van der Waals surface area contributed by atoms with Gasteiger partial charge >= 0.3 is 37.7 Å². The Morgan fingerprint density at radius 3 is 1.34 bits per heavy atom. The van der Waals surface area contributed by atoms with Crippen LogP contribution in [0.2, 0.25) is 0 Å². The SMILES string of the molecule is Cc1nc(-c2ccc(OCC(C)C)c(C#N)c2)sc1C(=O)[O-].Cc1nc(-c2ccc(OCC(C)C)c(C#N)c2)sc1C(=O)[O-].O.O.[Ca+2]. The number of carbonyl (C=O) groups is 2. The molecule has 4 N–H and O–H groups in total. The minimum Gasteiger partial charge on any atom is -0.544 e. The average molecular weight is 707 g/mol. The van der Waals surface area contributed by atoms with Crippen molar-refractivity contribution in [3.8, 4) is 44.8 Å². The summed E-state index contributed by atoms with van der Waals surface area (Å²) in [5.41, 5.74) is 3.02. The third-order valence-electron chi connectivity index (χ3n) is 5.80. The van der Waals surface area contributed by atoms with Crippen molar-refractivity contribution in [2.24, 2.45) is 11.8 Å². The third-order valence-corrected chi connectivity index (χ3v) is 8.18. The Morgan fingerprint density at radius 1 is 0.745 bits per heavy atom. The first kappa shape index (κ1) is 43.4. The van der Waals surface area contributed by atoms with Crippen LogP contribution in [0.5, 0.6) is 11.5 Å². The molecule has 47 heavy (non-hydrogen) atoms. The maximum absolute atomic E-state index is 11.0. The Kier molecular flexibility index (Phi) is 18.4. The molecule has 0 spiro atoms. The predicted octanol–water partition coefficient (Wildman–Crippen LogP) is 2.75. The summed E-state index contributed by atoms with van der Waals surface area (Å²) in [4.78, 5) is 30.6. The molecule has 0 atom stereocenters. The van der Waals surface area contributed by atoms with Gasteiger partial charge in [0.15, 0.2) is 0 Å². The van der Waals surface area contributed by atoms with E-state index < -0.39 is 11.9 Å². The van der Waals surface area contributed by atoms with Gasteiger partial charge in [-0.1, -0.05) is 27.7 Å². The van der Waals surface area contributed by atoms with E-state index >= 15 is 0 Å². The summed E-state index contributed by atoms with van der Waals surface area (Å²) in [5, 5.41) is 41.6. The molecule has 0 unspecified atom stereocenters. The molecule has 2 heterocycles. The van der Waals surface area contributed by atoms with Gasteiger partial charge in [0.1, 0.15) is 33.7 Å². The van der Waals surface area contributed by atoms with Gasteiger partial charge in [-0.3, -0.25) is 0 Å². The fourth-order valence-electron chi connectivity index (χ4n) is 3.68. The minimum atomic E-state index is -1.24. The molecule has 2 aromatic carbocycles. The maximum atomic E-state index is 11.0. The van der Waals surface area contributed by atoms with Gasteiger partial charge in [0, 0.05) is 11.1 Å². The first-order valence-corrected chi connectivity index (χ1v) is 15.2. The molecular weight excluding hydrogens is 673 g/mol. The van der Waals surface area contributed by atoms with Gasteiger partial charge in [-0.2, -0.15) is 10.5 Å². The van der Waals surface area contributed by atoms with E-state index in [0.29, 0.717) is 80.2 Å². The topological polar surface area (TPSA) is 235 Å². The maximum Gasteiger partial charge on any atom is 2.00 e. The molecule has 0 amide bonds. The molecule has 0 aliphatic rings. The van der Waals surface area contributed by atoms with Crippen LogP contribution in [0.25, 0.3) is 21.1 Å². The second-order valence-electron chi connectivity index (χ2n) is 10.5. The summed E-state index contributed by atoms with van der Waals surface area (Å²) >= 11 is 2.08. The number of rotatable bonds is 10. The molecule has 0 aliphatic carbocycles. The van der Waals surface area contributed by atoms with Crippen LogP contribution in [0.15, 0.2) is 36.4 Å². The van der Waals surface area contributed by atoms with Crippen molar-refractivity contribution in [2.45, 2.75) is 41.5 Å². The number of carbonyl (C=O) groups excluding carboxylic acids is 2. The number of hydrogen-bond acceptors (Lipinski definition) is 12. The number of hydrogen-bond donors (Lipinski definition) is 0. The molecule has 0 fully saturated rings. The Bertz CT molecular complexity index is 1630. The molecule has 0 bridgehead atoms. The standard InChI is InChI=1S/2C16H16N2O3S.Ca.2H2O/c2*1-9(2)8-21-13-5-4-11(6-12(13)7-17)15-18-10(3)14(22-15)16(19)20;;;/h2*4-6,9H,8H2,1-3H3,(H,19,20);;2*1H2/q;;+2;;/p-2. The predicted molar refractivity (Wildman–Crippen MR) is 176 cm³/mol. The summed E-state index contributed by atoms with van der Waals surface area (Å²) < 4.78 is 11.2. The van der Waals surface area contributed by atoms with E-state index in [1.807, 2.05) is 27.7 Å². The summed E-state index contributed by atoms with van der Waals surface area (Å²) in [7, 11) is 0. The first-order valence-electron chi connectivity index (χ1n) is 13.6. The van der Waals surface area contributed by atoms with E-state index in [-0.39, 0.29) is 58.4 Å². The number of nitriles is 2. The van der Waals surface area contributed by atoms with E-state index in [1.165, 1.54) is 0 Å². The van der Waals surface area contributed by atoms with Crippen molar-refractivity contribution in [1.82, 2.24) is 9.97 Å². The molecular formula is C32H34CaN4O8S2. The molecule has 0 saturated heterocycles. The third kappa shape index (κ3) is 11.9. The van der Waals surface area contributed by atoms with E-state index in [1.54, 1.807) is 50.2 Å². The second-order valence-corrected chi connectivity index (χ2v) is 12.5. The van der Waals surface area contributed by atoms with Gasteiger partial charge in [0.2, 0.25) is 0 Å². The van der Waals surface area contributed by atoms with Gasteiger partial charge < -0.3 is 40.2 Å². The molecule has 244 valence electrons. The molecule has 2 aromatic heterocycles. The van der Waals surface area contributed by atoms with Crippen molar-refractivity contribution in [1.29, 1.82) is 10.5 Å². The molecule has 0 aliphatic heterocycles. The number of aromatic carboxylic acids is 2. The number of aryl methyl sites for hydroxylation is 2.